The van der Waals surface area contributed by atoms with Crippen LogP contribution < -0.4 is 0 Å². The highest BCUT2D eigenvalue weighted by atomic mass is 16.2. The highest BCUT2D eigenvalue weighted by molar-refractivity contribution is 5.78. The fourth-order valence-electron chi connectivity index (χ4n) is 2.79. The van der Waals surface area contributed by atoms with Gasteiger partial charge in [0, 0.05) is 19.0 Å². The van der Waals surface area contributed by atoms with Crippen molar-refractivity contribution in [3.63, 3.8) is 0 Å². The quantitative estimate of drug-likeness (QED) is 0.653. The SMILES string of the molecule is CC(C)CCCCC1CCN(C(=O)C(C)C)CC1. The first kappa shape index (κ1) is 15.5. The highest BCUT2D eigenvalue weighted by Crippen LogP contribution is 2.24. The summed E-state index contributed by atoms with van der Waals surface area (Å²) < 4.78 is 0. The second kappa shape index (κ2) is 7.81. The van der Waals surface area contributed by atoms with Gasteiger partial charge in [-0.05, 0) is 24.7 Å². The fourth-order valence-corrected chi connectivity index (χ4v) is 2.79. The molecule has 1 rings (SSSR count). The van der Waals surface area contributed by atoms with Crippen molar-refractivity contribution in [2.24, 2.45) is 17.8 Å². The predicted molar refractivity (Wildman–Crippen MR) is 77.4 cm³/mol. The van der Waals surface area contributed by atoms with E-state index in [9.17, 15) is 4.79 Å². The molecule has 18 heavy (non-hydrogen) atoms. The third-order valence-corrected chi connectivity index (χ3v) is 4.06. The predicted octanol–water partition coefficient (Wildman–Crippen LogP) is 4.10. The zero-order valence-corrected chi connectivity index (χ0v) is 12.7. The Labute approximate surface area is 113 Å². The lowest BCUT2D eigenvalue weighted by atomic mass is 9.90. The Kier molecular flexibility index (Phi) is 6.73. The van der Waals surface area contributed by atoms with Crippen LogP contribution in [0.25, 0.3) is 0 Å². The third kappa shape index (κ3) is 5.41. The molecule has 0 aliphatic carbocycles. The Bertz CT molecular complexity index is 239. The van der Waals surface area contributed by atoms with Gasteiger partial charge in [-0.25, -0.2) is 0 Å². The summed E-state index contributed by atoms with van der Waals surface area (Å²) in [5, 5.41) is 0. The molecule has 1 aliphatic heterocycles. The number of hydrogen-bond acceptors (Lipinski definition) is 1. The van der Waals surface area contributed by atoms with Gasteiger partial charge in [0.2, 0.25) is 5.91 Å². The van der Waals surface area contributed by atoms with Gasteiger partial charge in [-0.1, -0.05) is 53.4 Å². The van der Waals surface area contributed by atoms with Gasteiger partial charge in [0.05, 0.1) is 0 Å². The van der Waals surface area contributed by atoms with E-state index in [2.05, 4.69) is 18.7 Å². The molecule has 0 radical (unpaired) electrons. The van der Waals surface area contributed by atoms with E-state index in [-0.39, 0.29) is 5.92 Å². The molecule has 1 aliphatic rings. The van der Waals surface area contributed by atoms with Crippen LogP contribution in [0, 0.1) is 17.8 Å². The maximum absolute atomic E-state index is 11.9. The Hall–Kier alpha value is -0.530. The molecule has 0 N–H and O–H groups in total. The molecular formula is C16H31NO. The molecule has 106 valence electrons. The molecule has 0 aromatic heterocycles. The molecule has 2 nitrogen and oxygen atoms in total. The summed E-state index contributed by atoms with van der Waals surface area (Å²) in [4.78, 5) is 13.9. The fraction of sp³-hybridized carbons (Fsp3) is 0.938. The van der Waals surface area contributed by atoms with E-state index in [1.807, 2.05) is 13.8 Å². The summed E-state index contributed by atoms with van der Waals surface area (Å²) in [6.45, 7) is 10.6. The van der Waals surface area contributed by atoms with Crippen LogP contribution in [-0.2, 0) is 4.79 Å². The molecule has 0 aromatic carbocycles. The lowest BCUT2D eigenvalue weighted by Gasteiger charge is -2.33. The number of likely N-dealkylation sites (tertiary alicyclic amines) is 1. The second-order valence-electron chi connectivity index (χ2n) is 6.60. The van der Waals surface area contributed by atoms with E-state index in [4.69, 9.17) is 0 Å². The molecule has 0 atom stereocenters. The first-order valence-corrected chi connectivity index (χ1v) is 7.79. The van der Waals surface area contributed by atoms with E-state index in [0.29, 0.717) is 5.91 Å². The van der Waals surface area contributed by atoms with E-state index in [1.54, 1.807) is 0 Å². The summed E-state index contributed by atoms with van der Waals surface area (Å²) in [5.41, 5.74) is 0. The topological polar surface area (TPSA) is 20.3 Å². The van der Waals surface area contributed by atoms with Crippen LogP contribution in [0.3, 0.4) is 0 Å². The van der Waals surface area contributed by atoms with Crippen molar-refractivity contribution in [1.29, 1.82) is 0 Å². The number of hydrogen-bond donors (Lipinski definition) is 0. The largest absolute Gasteiger partial charge is 0.342 e. The number of amides is 1. The van der Waals surface area contributed by atoms with Crippen LogP contribution >= 0.6 is 0 Å². The Balaban J connectivity index is 2.14. The number of rotatable bonds is 6. The molecule has 1 fully saturated rings. The smallest absolute Gasteiger partial charge is 0.225 e. The molecule has 0 saturated carbocycles. The van der Waals surface area contributed by atoms with E-state index < -0.39 is 0 Å². The van der Waals surface area contributed by atoms with Crippen molar-refractivity contribution >= 4 is 5.91 Å². The van der Waals surface area contributed by atoms with Crippen LogP contribution in [0.4, 0.5) is 0 Å². The van der Waals surface area contributed by atoms with Gasteiger partial charge >= 0.3 is 0 Å². The lowest BCUT2D eigenvalue weighted by molar-refractivity contribution is -0.135. The van der Waals surface area contributed by atoms with E-state index >= 15 is 0 Å². The summed E-state index contributed by atoms with van der Waals surface area (Å²) in [5.74, 6) is 2.21. The summed E-state index contributed by atoms with van der Waals surface area (Å²) >= 11 is 0. The number of piperidine rings is 1. The molecule has 0 bridgehead atoms. The summed E-state index contributed by atoms with van der Waals surface area (Å²) in [6.07, 6.45) is 7.94. The van der Waals surface area contributed by atoms with Gasteiger partial charge < -0.3 is 4.90 Å². The molecule has 0 aromatic rings. The molecule has 2 heteroatoms. The van der Waals surface area contributed by atoms with E-state index in [0.717, 1.165) is 24.9 Å². The van der Waals surface area contributed by atoms with Crippen LogP contribution in [0.1, 0.15) is 66.2 Å². The van der Waals surface area contributed by atoms with Crippen molar-refractivity contribution < 1.29 is 4.79 Å². The molecule has 1 saturated heterocycles. The minimum absolute atomic E-state index is 0.160. The van der Waals surface area contributed by atoms with Crippen molar-refractivity contribution in [3.8, 4) is 0 Å². The monoisotopic (exact) mass is 253 g/mol. The van der Waals surface area contributed by atoms with Crippen LogP contribution in [0.15, 0.2) is 0 Å². The summed E-state index contributed by atoms with van der Waals surface area (Å²) in [6, 6.07) is 0. The van der Waals surface area contributed by atoms with Gasteiger partial charge in [-0.3, -0.25) is 4.79 Å². The van der Waals surface area contributed by atoms with Gasteiger partial charge in [-0.15, -0.1) is 0 Å². The van der Waals surface area contributed by atoms with Crippen molar-refractivity contribution in [3.05, 3.63) is 0 Å². The summed E-state index contributed by atoms with van der Waals surface area (Å²) in [7, 11) is 0. The number of carbonyl (C=O) groups excluding carboxylic acids is 1. The van der Waals surface area contributed by atoms with Gasteiger partial charge in [0.25, 0.3) is 0 Å². The minimum atomic E-state index is 0.160. The average molecular weight is 253 g/mol. The molecule has 1 amide bonds. The van der Waals surface area contributed by atoms with E-state index in [1.165, 1.54) is 38.5 Å². The number of nitrogens with zero attached hydrogens (tertiary/aromatic N) is 1. The maximum atomic E-state index is 11.9. The molecule has 0 spiro atoms. The second-order valence-corrected chi connectivity index (χ2v) is 6.60. The van der Waals surface area contributed by atoms with Gasteiger partial charge in [0.1, 0.15) is 0 Å². The van der Waals surface area contributed by atoms with Crippen molar-refractivity contribution in [2.45, 2.75) is 66.2 Å². The van der Waals surface area contributed by atoms with Crippen LogP contribution in [-0.4, -0.2) is 23.9 Å². The van der Waals surface area contributed by atoms with Crippen LogP contribution in [0.5, 0.6) is 0 Å². The molecule has 1 heterocycles. The number of unbranched alkanes of at least 4 members (excludes halogenated alkanes) is 1. The zero-order chi connectivity index (χ0) is 13.5. The van der Waals surface area contributed by atoms with Crippen LogP contribution in [0.2, 0.25) is 0 Å². The highest BCUT2D eigenvalue weighted by Gasteiger charge is 2.23. The zero-order valence-electron chi connectivity index (χ0n) is 12.7. The minimum Gasteiger partial charge on any atom is -0.342 e. The average Bonchev–Trinajstić information content (AvgIpc) is 2.34. The third-order valence-electron chi connectivity index (χ3n) is 4.06. The number of carbonyl (C=O) groups is 1. The first-order chi connectivity index (χ1) is 8.50. The van der Waals surface area contributed by atoms with Gasteiger partial charge in [-0.2, -0.15) is 0 Å². The van der Waals surface area contributed by atoms with Crippen molar-refractivity contribution in [1.82, 2.24) is 4.90 Å². The maximum Gasteiger partial charge on any atom is 0.225 e. The molecular weight excluding hydrogens is 222 g/mol. The first-order valence-electron chi connectivity index (χ1n) is 7.79. The Morgan fingerprint density at radius 3 is 2.22 bits per heavy atom. The Morgan fingerprint density at radius 2 is 1.72 bits per heavy atom. The normalized spacial score (nSPS) is 17.8. The van der Waals surface area contributed by atoms with Crippen molar-refractivity contribution in [2.75, 3.05) is 13.1 Å². The Morgan fingerprint density at radius 1 is 1.11 bits per heavy atom. The van der Waals surface area contributed by atoms with Gasteiger partial charge in [0.15, 0.2) is 0 Å². The molecule has 0 unspecified atom stereocenters. The standard InChI is InChI=1S/C16H31NO/c1-13(2)7-5-6-8-15-9-11-17(12-10-15)16(18)14(3)4/h13-15H,5-12H2,1-4H3. The lowest BCUT2D eigenvalue weighted by Crippen LogP contribution is -2.40.